The second kappa shape index (κ2) is 8.10. The number of halogens is 1. The number of esters is 1. The number of hydrogen-bond acceptors (Lipinski definition) is 6. The highest BCUT2D eigenvalue weighted by atomic mass is 35.5. The molecule has 0 fully saturated rings. The van der Waals surface area contributed by atoms with Crippen molar-refractivity contribution in [2.75, 3.05) is 7.11 Å². The third-order valence-electron chi connectivity index (χ3n) is 4.40. The van der Waals surface area contributed by atoms with E-state index in [0.29, 0.717) is 16.5 Å². The Morgan fingerprint density at radius 3 is 2.83 bits per heavy atom. The molecule has 0 spiro atoms. The van der Waals surface area contributed by atoms with Crippen LogP contribution in [-0.4, -0.2) is 29.0 Å². The summed E-state index contributed by atoms with van der Waals surface area (Å²) in [4.78, 5) is 32.8. The van der Waals surface area contributed by atoms with Crippen molar-refractivity contribution in [1.29, 1.82) is 0 Å². The first-order valence-electron chi connectivity index (χ1n) is 8.69. The van der Waals surface area contributed by atoms with Crippen LogP contribution >= 0.6 is 22.9 Å². The smallest absolute Gasteiger partial charge is 0.360 e. The Balaban J connectivity index is 1.64. The zero-order chi connectivity index (χ0) is 20.4. The minimum Gasteiger partial charge on any atom is -0.464 e. The van der Waals surface area contributed by atoms with Gasteiger partial charge in [0.15, 0.2) is 17.8 Å². The molecule has 0 radical (unpaired) electrons. The van der Waals surface area contributed by atoms with Gasteiger partial charge >= 0.3 is 5.97 Å². The van der Waals surface area contributed by atoms with Gasteiger partial charge in [0, 0.05) is 11.8 Å². The van der Waals surface area contributed by atoms with Crippen molar-refractivity contribution in [2.24, 2.45) is 0 Å². The van der Waals surface area contributed by atoms with Crippen LogP contribution in [0.25, 0.3) is 10.2 Å². The second-order valence-electron chi connectivity index (χ2n) is 6.29. The molecule has 0 bridgehead atoms. The molecule has 9 heteroatoms. The summed E-state index contributed by atoms with van der Waals surface area (Å²) < 4.78 is 10.9. The minimum absolute atomic E-state index is 0.0352. The van der Waals surface area contributed by atoms with Gasteiger partial charge in [-0.2, -0.15) is 0 Å². The molecule has 1 aromatic carbocycles. The third kappa shape index (κ3) is 4.03. The average molecular weight is 430 g/mol. The molecule has 1 unspecified atom stereocenters. The van der Waals surface area contributed by atoms with Crippen LogP contribution in [0.2, 0.25) is 4.34 Å². The fraction of sp³-hybridized carbons (Fsp3) is 0.150. The topological polar surface area (TPSA) is 97.2 Å². The van der Waals surface area contributed by atoms with E-state index in [1.807, 2.05) is 30.3 Å². The predicted octanol–water partition coefficient (Wildman–Crippen LogP) is 4.37. The normalized spacial score (nSPS) is 12.1. The Morgan fingerprint density at radius 2 is 2.10 bits per heavy atom. The molecule has 3 aromatic heterocycles. The monoisotopic (exact) mass is 429 g/mol. The van der Waals surface area contributed by atoms with Crippen molar-refractivity contribution in [3.8, 4) is 0 Å². The summed E-state index contributed by atoms with van der Waals surface area (Å²) in [6.07, 6.45) is 1.57. The average Bonchev–Trinajstić information content (AvgIpc) is 3.42. The Morgan fingerprint density at radius 1 is 1.31 bits per heavy atom. The number of thiophene rings is 1. The molecule has 0 aliphatic heterocycles. The highest BCUT2D eigenvalue weighted by Crippen LogP contribution is 2.30. The summed E-state index contributed by atoms with van der Waals surface area (Å²) in [6, 6.07) is 12.5. The summed E-state index contributed by atoms with van der Waals surface area (Å²) in [5, 5.41) is 3.79. The number of methoxy groups -OCH3 is 1. The van der Waals surface area contributed by atoms with E-state index in [1.54, 1.807) is 12.1 Å². The first-order valence-corrected chi connectivity index (χ1v) is 9.89. The van der Waals surface area contributed by atoms with E-state index < -0.39 is 12.0 Å². The molecule has 3 heterocycles. The number of nitrogens with zero attached hydrogens (tertiary/aromatic N) is 1. The number of carbonyl (C=O) groups excluding carboxylic acids is 2. The van der Waals surface area contributed by atoms with E-state index in [2.05, 4.69) is 15.3 Å². The van der Waals surface area contributed by atoms with Crippen molar-refractivity contribution in [3.05, 3.63) is 75.9 Å². The van der Waals surface area contributed by atoms with E-state index in [4.69, 9.17) is 20.8 Å². The summed E-state index contributed by atoms with van der Waals surface area (Å²) in [7, 11) is 1.27. The molecule has 29 heavy (non-hydrogen) atoms. The highest BCUT2D eigenvalue weighted by molar-refractivity contribution is 7.22. The maximum Gasteiger partial charge on any atom is 0.360 e. The molecule has 0 saturated heterocycles. The fourth-order valence-electron chi connectivity index (χ4n) is 3.06. The lowest BCUT2D eigenvalue weighted by atomic mass is 10.0. The summed E-state index contributed by atoms with van der Waals surface area (Å²) in [5.74, 6) is -0.723. The van der Waals surface area contributed by atoms with Crippen LogP contribution in [0.15, 0.2) is 53.3 Å². The summed E-state index contributed by atoms with van der Waals surface area (Å²) in [5.41, 5.74) is 1.39. The van der Waals surface area contributed by atoms with Crippen molar-refractivity contribution < 1.29 is 18.7 Å². The van der Waals surface area contributed by atoms with E-state index in [1.165, 1.54) is 24.8 Å². The van der Waals surface area contributed by atoms with Gasteiger partial charge in [-0.3, -0.25) is 4.79 Å². The van der Waals surface area contributed by atoms with Crippen LogP contribution in [0.4, 0.5) is 0 Å². The SMILES string of the molecule is COC(=O)c1ncoc1C(Cc1ccccc1)NC(=O)c1cc2cc(Cl)sc2[nH]1. The molecular formula is C20H16ClN3O4S. The van der Waals surface area contributed by atoms with Gasteiger partial charge in [0.1, 0.15) is 10.5 Å². The minimum atomic E-state index is -0.629. The maximum absolute atomic E-state index is 12.9. The number of ether oxygens (including phenoxy) is 1. The number of benzene rings is 1. The molecule has 4 aromatic rings. The van der Waals surface area contributed by atoms with Crippen molar-refractivity contribution in [2.45, 2.75) is 12.5 Å². The number of aromatic amines is 1. The first kappa shape index (κ1) is 19.2. The van der Waals surface area contributed by atoms with E-state index in [0.717, 1.165) is 15.8 Å². The first-order chi connectivity index (χ1) is 14.0. The van der Waals surface area contributed by atoms with Crippen LogP contribution in [-0.2, 0) is 11.2 Å². The van der Waals surface area contributed by atoms with Gasteiger partial charge in [0.05, 0.1) is 17.5 Å². The summed E-state index contributed by atoms with van der Waals surface area (Å²) >= 11 is 7.35. The predicted molar refractivity (Wildman–Crippen MR) is 109 cm³/mol. The molecule has 2 N–H and O–H groups in total. The largest absolute Gasteiger partial charge is 0.464 e. The van der Waals surface area contributed by atoms with Crippen molar-refractivity contribution in [3.63, 3.8) is 0 Å². The highest BCUT2D eigenvalue weighted by Gasteiger charge is 2.27. The van der Waals surface area contributed by atoms with Gasteiger partial charge in [-0.15, -0.1) is 11.3 Å². The Labute approximate surface area is 174 Å². The number of rotatable bonds is 6. The fourth-order valence-corrected chi connectivity index (χ4v) is 4.19. The molecule has 0 aliphatic carbocycles. The molecule has 4 rings (SSSR count). The maximum atomic E-state index is 12.9. The van der Waals surface area contributed by atoms with Gasteiger partial charge in [-0.1, -0.05) is 41.9 Å². The lowest BCUT2D eigenvalue weighted by molar-refractivity contribution is 0.0589. The number of carbonyl (C=O) groups is 2. The number of aromatic nitrogens is 2. The second-order valence-corrected chi connectivity index (χ2v) is 7.97. The Kier molecular flexibility index (Phi) is 5.37. The zero-order valence-corrected chi connectivity index (χ0v) is 16.8. The van der Waals surface area contributed by atoms with Gasteiger partial charge in [-0.05, 0) is 17.7 Å². The molecule has 0 aliphatic rings. The third-order valence-corrected chi connectivity index (χ3v) is 5.60. The van der Waals surface area contributed by atoms with Crippen LogP contribution in [0.5, 0.6) is 0 Å². The Bertz CT molecular complexity index is 1130. The number of amides is 1. The van der Waals surface area contributed by atoms with Gasteiger partial charge in [-0.25, -0.2) is 9.78 Å². The standard InChI is InChI=1S/C20H16ClN3O4S/c1-27-20(26)16-17(28-10-22-16)13(7-11-5-3-2-4-6-11)23-18(25)14-8-12-9-15(21)29-19(12)24-14/h2-6,8-10,13,24H,7H2,1H3,(H,23,25). The lowest BCUT2D eigenvalue weighted by Crippen LogP contribution is -2.31. The van der Waals surface area contributed by atoms with E-state index >= 15 is 0 Å². The molecule has 1 atom stereocenters. The van der Waals surface area contributed by atoms with E-state index in [-0.39, 0.29) is 17.4 Å². The quantitative estimate of drug-likeness (QED) is 0.443. The lowest BCUT2D eigenvalue weighted by Gasteiger charge is -2.17. The number of fused-ring (bicyclic) bond motifs is 1. The van der Waals surface area contributed by atoms with Crippen LogP contribution in [0.3, 0.4) is 0 Å². The van der Waals surface area contributed by atoms with Gasteiger partial charge in [0.25, 0.3) is 5.91 Å². The number of nitrogens with one attached hydrogen (secondary N) is 2. The van der Waals surface area contributed by atoms with Crippen molar-refractivity contribution in [1.82, 2.24) is 15.3 Å². The number of oxazole rings is 1. The zero-order valence-electron chi connectivity index (χ0n) is 15.3. The number of hydrogen-bond donors (Lipinski definition) is 2. The molecule has 0 saturated carbocycles. The molecule has 1 amide bonds. The van der Waals surface area contributed by atoms with Crippen LogP contribution in [0, 0.1) is 0 Å². The Hall–Kier alpha value is -3.10. The summed E-state index contributed by atoms with van der Waals surface area (Å²) in [6.45, 7) is 0. The van der Waals surface area contributed by atoms with E-state index in [9.17, 15) is 9.59 Å². The molecule has 7 nitrogen and oxygen atoms in total. The van der Waals surface area contributed by atoms with Gasteiger partial charge < -0.3 is 19.5 Å². The number of H-pyrrole nitrogens is 1. The van der Waals surface area contributed by atoms with Gasteiger partial charge in [0.2, 0.25) is 0 Å². The molecular weight excluding hydrogens is 414 g/mol. The van der Waals surface area contributed by atoms with Crippen LogP contribution in [0.1, 0.15) is 38.3 Å². The van der Waals surface area contributed by atoms with Crippen molar-refractivity contribution >= 4 is 45.0 Å². The molecule has 148 valence electrons. The van der Waals surface area contributed by atoms with Crippen LogP contribution < -0.4 is 5.32 Å².